The van der Waals surface area contributed by atoms with Crippen LogP contribution in [-0.4, -0.2) is 15.0 Å². The number of rotatable bonds is 6. The molecule has 2 rings (SSSR count). The number of nitrogens with one attached hydrogen (secondary N) is 1. The summed E-state index contributed by atoms with van der Waals surface area (Å²) in [4.78, 5) is -0.0243. The largest absolute Gasteiger partial charge is 0.434 e. The van der Waals surface area contributed by atoms with Crippen LogP contribution in [0.25, 0.3) is 0 Å². The highest BCUT2D eigenvalue weighted by molar-refractivity contribution is 7.89. The van der Waals surface area contributed by atoms with Crippen LogP contribution in [0.15, 0.2) is 53.4 Å². The van der Waals surface area contributed by atoms with E-state index < -0.39 is 16.6 Å². The summed E-state index contributed by atoms with van der Waals surface area (Å²) in [6.45, 7) is -3.20. The third-order valence-electron chi connectivity index (χ3n) is 2.94. The summed E-state index contributed by atoms with van der Waals surface area (Å²) in [7, 11) is -3.83. The van der Waals surface area contributed by atoms with E-state index in [-0.39, 0.29) is 22.8 Å². The maximum atomic E-state index is 12.3. The lowest BCUT2D eigenvalue weighted by Gasteiger charge is -2.11. The van der Waals surface area contributed by atoms with E-state index in [1.54, 1.807) is 6.07 Å². The fraction of sp³-hybridized carbons (Fsp3) is 0.133. The number of nitrogens with zero attached hydrogens (tertiary/aromatic N) is 1. The number of hydrogen-bond acceptors (Lipinski definition) is 4. The second kappa shape index (κ2) is 7.17. The fourth-order valence-electron chi connectivity index (χ4n) is 1.83. The zero-order chi connectivity index (χ0) is 16.9. The summed E-state index contributed by atoms with van der Waals surface area (Å²) >= 11 is 0. The number of benzene rings is 2. The second-order valence-corrected chi connectivity index (χ2v) is 6.21. The number of sulfonamides is 1. The van der Waals surface area contributed by atoms with Crippen LogP contribution in [0.2, 0.25) is 0 Å². The minimum atomic E-state index is -3.83. The first-order valence-electron chi connectivity index (χ1n) is 6.45. The Labute approximate surface area is 132 Å². The third kappa shape index (κ3) is 4.48. The monoisotopic (exact) mass is 338 g/mol. The average molecular weight is 338 g/mol. The maximum Gasteiger partial charge on any atom is 0.387 e. The number of nitriles is 1. The van der Waals surface area contributed by atoms with Crippen molar-refractivity contribution in [2.75, 3.05) is 0 Å². The Morgan fingerprint density at radius 2 is 1.78 bits per heavy atom. The molecule has 0 spiro atoms. The van der Waals surface area contributed by atoms with E-state index in [1.165, 1.54) is 42.5 Å². The molecule has 0 radical (unpaired) electrons. The van der Waals surface area contributed by atoms with Crippen LogP contribution < -0.4 is 9.46 Å². The van der Waals surface area contributed by atoms with Gasteiger partial charge in [-0.25, -0.2) is 13.1 Å². The van der Waals surface area contributed by atoms with Gasteiger partial charge in [-0.15, -0.1) is 0 Å². The SMILES string of the molecule is N#Cc1ccc(S(=O)(=O)NCc2ccccc2OC(F)F)cc1. The van der Waals surface area contributed by atoms with Crippen LogP contribution in [-0.2, 0) is 16.6 Å². The number of halogens is 2. The highest BCUT2D eigenvalue weighted by Gasteiger charge is 2.15. The van der Waals surface area contributed by atoms with Crippen LogP contribution in [0.5, 0.6) is 5.75 Å². The number of alkyl halides is 2. The molecule has 8 heteroatoms. The smallest absolute Gasteiger partial charge is 0.387 e. The Kier molecular flexibility index (Phi) is 5.26. The molecule has 0 unspecified atom stereocenters. The zero-order valence-corrected chi connectivity index (χ0v) is 12.6. The highest BCUT2D eigenvalue weighted by Crippen LogP contribution is 2.21. The molecule has 1 N–H and O–H groups in total. The van der Waals surface area contributed by atoms with Gasteiger partial charge < -0.3 is 4.74 Å². The molecule has 2 aromatic rings. The van der Waals surface area contributed by atoms with Crippen molar-refractivity contribution in [3.63, 3.8) is 0 Å². The van der Waals surface area contributed by atoms with Gasteiger partial charge >= 0.3 is 6.61 Å². The Morgan fingerprint density at radius 3 is 2.39 bits per heavy atom. The summed E-state index contributed by atoms with van der Waals surface area (Å²) < 4.78 is 55.6. The topological polar surface area (TPSA) is 79.2 Å². The molecular weight excluding hydrogens is 326 g/mol. The van der Waals surface area contributed by atoms with Crippen molar-refractivity contribution in [2.24, 2.45) is 0 Å². The van der Waals surface area contributed by atoms with Crippen LogP contribution in [0.3, 0.4) is 0 Å². The fourth-order valence-corrected chi connectivity index (χ4v) is 2.83. The standard InChI is InChI=1S/C15H12F2N2O3S/c16-15(17)22-14-4-2-1-3-12(14)10-19-23(20,21)13-7-5-11(9-18)6-8-13/h1-8,15,19H,10H2. The molecule has 23 heavy (non-hydrogen) atoms. The molecule has 0 aliphatic heterocycles. The minimum Gasteiger partial charge on any atom is -0.434 e. The van der Waals surface area contributed by atoms with Gasteiger partial charge in [-0.3, -0.25) is 0 Å². The number of hydrogen-bond donors (Lipinski definition) is 1. The minimum absolute atomic E-state index is 0.0243. The zero-order valence-electron chi connectivity index (χ0n) is 11.7. The van der Waals surface area contributed by atoms with E-state index in [2.05, 4.69) is 9.46 Å². The second-order valence-electron chi connectivity index (χ2n) is 4.45. The van der Waals surface area contributed by atoms with Gasteiger partial charge in [-0.2, -0.15) is 14.0 Å². The van der Waals surface area contributed by atoms with Crippen molar-refractivity contribution in [3.05, 3.63) is 59.7 Å². The first kappa shape index (κ1) is 16.9. The Balaban J connectivity index is 2.15. The predicted molar refractivity (Wildman–Crippen MR) is 78.3 cm³/mol. The van der Waals surface area contributed by atoms with Crippen molar-refractivity contribution < 1.29 is 21.9 Å². The van der Waals surface area contributed by atoms with Gasteiger partial charge in [-0.1, -0.05) is 18.2 Å². The van der Waals surface area contributed by atoms with Crippen LogP contribution >= 0.6 is 0 Å². The highest BCUT2D eigenvalue weighted by atomic mass is 32.2. The summed E-state index contributed by atoms with van der Waals surface area (Å²) in [5.41, 5.74) is 0.615. The first-order chi connectivity index (χ1) is 10.9. The molecule has 120 valence electrons. The van der Waals surface area contributed by atoms with Gasteiger partial charge in [0.2, 0.25) is 10.0 Å². The molecule has 0 bridgehead atoms. The van der Waals surface area contributed by atoms with E-state index in [0.29, 0.717) is 5.56 Å². The summed E-state index contributed by atoms with van der Waals surface area (Å²) in [6, 6.07) is 13.1. The van der Waals surface area contributed by atoms with E-state index in [9.17, 15) is 17.2 Å². The molecule has 2 aromatic carbocycles. The summed E-state index contributed by atoms with van der Waals surface area (Å²) in [6.07, 6.45) is 0. The van der Waals surface area contributed by atoms with Gasteiger partial charge in [-0.05, 0) is 30.3 Å². The van der Waals surface area contributed by atoms with E-state index in [0.717, 1.165) is 0 Å². The molecule has 0 saturated carbocycles. The molecule has 0 aliphatic rings. The van der Waals surface area contributed by atoms with E-state index in [4.69, 9.17) is 5.26 Å². The molecule has 0 aliphatic carbocycles. The van der Waals surface area contributed by atoms with Crippen molar-refractivity contribution in [2.45, 2.75) is 18.1 Å². The van der Waals surface area contributed by atoms with Crippen molar-refractivity contribution in [1.82, 2.24) is 4.72 Å². The number of ether oxygens (including phenoxy) is 1. The van der Waals surface area contributed by atoms with E-state index in [1.807, 2.05) is 6.07 Å². The molecule has 0 aromatic heterocycles. The lowest BCUT2D eigenvalue weighted by atomic mass is 10.2. The number of para-hydroxylation sites is 1. The third-order valence-corrected chi connectivity index (χ3v) is 4.35. The maximum absolute atomic E-state index is 12.3. The van der Waals surface area contributed by atoms with Gasteiger partial charge in [0.05, 0.1) is 16.5 Å². The molecule has 0 heterocycles. The summed E-state index contributed by atoms with van der Waals surface area (Å²) in [5.74, 6) is -0.0926. The van der Waals surface area contributed by atoms with E-state index >= 15 is 0 Å². The molecule has 0 amide bonds. The van der Waals surface area contributed by atoms with Gasteiger partial charge in [0.15, 0.2) is 0 Å². The molecule has 0 fully saturated rings. The van der Waals surface area contributed by atoms with Crippen LogP contribution in [0, 0.1) is 11.3 Å². The van der Waals surface area contributed by atoms with Crippen molar-refractivity contribution >= 4 is 10.0 Å². The Bertz CT molecular complexity index is 815. The predicted octanol–water partition coefficient (Wildman–Crippen LogP) is 2.64. The quantitative estimate of drug-likeness (QED) is 0.878. The molecule has 5 nitrogen and oxygen atoms in total. The Morgan fingerprint density at radius 1 is 1.13 bits per heavy atom. The molecule has 0 atom stereocenters. The normalized spacial score (nSPS) is 11.2. The van der Waals surface area contributed by atoms with Crippen LogP contribution in [0.4, 0.5) is 8.78 Å². The van der Waals surface area contributed by atoms with Gasteiger partial charge in [0.25, 0.3) is 0 Å². The lowest BCUT2D eigenvalue weighted by Crippen LogP contribution is -2.23. The molecule has 0 saturated heterocycles. The lowest BCUT2D eigenvalue weighted by molar-refractivity contribution is -0.0504. The first-order valence-corrected chi connectivity index (χ1v) is 7.93. The van der Waals surface area contributed by atoms with Gasteiger partial charge in [0, 0.05) is 12.1 Å². The average Bonchev–Trinajstić information content (AvgIpc) is 2.53. The van der Waals surface area contributed by atoms with Crippen molar-refractivity contribution in [1.29, 1.82) is 5.26 Å². The Hall–Kier alpha value is -2.50. The summed E-state index contributed by atoms with van der Waals surface area (Å²) in [5, 5.41) is 8.70. The van der Waals surface area contributed by atoms with Crippen molar-refractivity contribution in [3.8, 4) is 11.8 Å². The molecular formula is C15H12F2N2O3S. The van der Waals surface area contributed by atoms with Crippen LogP contribution in [0.1, 0.15) is 11.1 Å². The van der Waals surface area contributed by atoms with Gasteiger partial charge in [0.1, 0.15) is 5.75 Å².